The third-order valence-electron chi connectivity index (χ3n) is 6.80. The van der Waals surface area contributed by atoms with Gasteiger partial charge in [0.15, 0.2) is 0 Å². The van der Waals surface area contributed by atoms with Gasteiger partial charge < -0.3 is 10.6 Å². The van der Waals surface area contributed by atoms with Gasteiger partial charge >= 0.3 is 6.03 Å². The maximum Gasteiger partial charge on any atom is 0.325 e. The van der Waals surface area contributed by atoms with Crippen molar-refractivity contribution < 1.29 is 14.4 Å². The number of urea groups is 1. The lowest BCUT2D eigenvalue weighted by Gasteiger charge is -2.23. The highest BCUT2D eigenvalue weighted by molar-refractivity contribution is 6.09. The average Bonchev–Trinajstić information content (AvgIpc) is 3.12. The van der Waals surface area contributed by atoms with Crippen LogP contribution >= 0.6 is 0 Å². The summed E-state index contributed by atoms with van der Waals surface area (Å²) in [5, 5.41) is 7.70. The average molecular weight is 478 g/mol. The summed E-state index contributed by atoms with van der Waals surface area (Å²) in [6.45, 7) is 3.20. The molecule has 36 heavy (non-hydrogen) atoms. The first kappa shape index (κ1) is 23.3. The molecule has 2 atom stereocenters. The number of rotatable bonds is 6. The summed E-state index contributed by atoms with van der Waals surface area (Å²) < 4.78 is 0. The third-order valence-corrected chi connectivity index (χ3v) is 6.80. The van der Waals surface area contributed by atoms with Crippen LogP contribution in [-0.4, -0.2) is 29.3 Å². The van der Waals surface area contributed by atoms with Gasteiger partial charge in [-0.05, 0) is 52.9 Å². The molecular formula is C30H27N3O3. The van der Waals surface area contributed by atoms with E-state index in [1.165, 1.54) is 0 Å². The first-order chi connectivity index (χ1) is 17.3. The maximum absolute atomic E-state index is 13.3. The van der Waals surface area contributed by atoms with Gasteiger partial charge in [-0.2, -0.15) is 0 Å². The van der Waals surface area contributed by atoms with Crippen LogP contribution in [0.1, 0.15) is 31.0 Å². The van der Waals surface area contributed by atoms with Gasteiger partial charge in [-0.15, -0.1) is 0 Å². The second kappa shape index (κ2) is 9.30. The number of nitrogens with zero attached hydrogens (tertiary/aromatic N) is 1. The largest absolute Gasteiger partial charge is 0.348 e. The summed E-state index contributed by atoms with van der Waals surface area (Å²) >= 11 is 0. The standard InChI is InChI=1S/C30H27N3O3/c1-20(21-12-14-24(15-13-21)22-8-4-3-5-9-22)31-27(34)19-33-28(35)30(2,32-29(33)36)26-17-16-23-10-6-7-11-25(23)18-26/h3-18,20H,19H2,1-2H3,(H,31,34)(H,32,36). The van der Waals surface area contributed by atoms with Gasteiger partial charge in [0.1, 0.15) is 12.1 Å². The lowest BCUT2D eigenvalue weighted by molar-refractivity contribution is -0.135. The third kappa shape index (κ3) is 4.33. The van der Waals surface area contributed by atoms with E-state index in [-0.39, 0.29) is 12.6 Å². The van der Waals surface area contributed by atoms with Gasteiger partial charge in [0.25, 0.3) is 5.91 Å². The molecule has 0 aliphatic carbocycles. The molecule has 4 aromatic carbocycles. The Bertz CT molecular complexity index is 1450. The minimum absolute atomic E-state index is 0.282. The Morgan fingerprint density at radius 1 is 0.861 bits per heavy atom. The molecule has 0 bridgehead atoms. The van der Waals surface area contributed by atoms with Crippen molar-refractivity contribution in [2.45, 2.75) is 25.4 Å². The molecule has 6 nitrogen and oxygen atoms in total. The van der Waals surface area contributed by atoms with Crippen LogP contribution in [0.2, 0.25) is 0 Å². The Balaban J connectivity index is 1.26. The second-order valence-corrected chi connectivity index (χ2v) is 9.29. The van der Waals surface area contributed by atoms with Crippen LogP contribution in [0.5, 0.6) is 0 Å². The molecule has 1 aliphatic heterocycles. The molecule has 5 rings (SSSR count). The van der Waals surface area contributed by atoms with Gasteiger partial charge in [-0.25, -0.2) is 4.79 Å². The minimum Gasteiger partial charge on any atom is -0.348 e. The lowest BCUT2D eigenvalue weighted by atomic mass is 9.90. The summed E-state index contributed by atoms with van der Waals surface area (Å²) in [6.07, 6.45) is 0. The molecular weight excluding hydrogens is 450 g/mol. The zero-order valence-corrected chi connectivity index (χ0v) is 20.2. The van der Waals surface area contributed by atoms with Gasteiger partial charge in [0.2, 0.25) is 5.91 Å². The molecule has 1 saturated heterocycles. The SMILES string of the molecule is CC(NC(=O)CN1C(=O)NC(C)(c2ccc3ccccc3c2)C1=O)c1ccc(-c2ccccc2)cc1. The number of hydrogen-bond donors (Lipinski definition) is 2. The molecule has 0 spiro atoms. The number of nitrogens with one attached hydrogen (secondary N) is 2. The summed E-state index contributed by atoms with van der Waals surface area (Å²) in [5.74, 6) is -0.848. The molecule has 2 N–H and O–H groups in total. The summed E-state index contributed by atoms with van der Waals surface area (Å²) in [4.78, 5) is 39.8. The number of benzene rings is 4. The lowest BCUT2D eigenvalue weighted by Crippen LogP contribution is -2.43. The molecule has 1 heterocycles. The van der Waals surface area contributed by atoms with Crippen LogP contribution in [0, 0.1) is 0 Å². The predicted molar refractivity (Wildman–Crippen MR) is 140 cm³/mol. The Labute approximate surface area is 209 Å². The number of imide groups is 1. The molecule has 1 aliphatic rings. The van der Waals surface area contributed by atoms with E-state index in [0.717, 1.165) is 32.4 Å². The molecule has 2 unspecified atom stereocenters. The van der Waals surface area contributed by atoms with Gasteiger partial charge in [-0.1, -0.05) is 91.0 Å². The fourth-order valence-electron chi connectivity index (χ4n) is 4.65. The molecule has 180 valence electrons. The smallest absolute Gasteiger partial charge is 0.325 e. The van der Waals surface area contributed by atoms with Crippen molar-refractivity contribution in [1.29, 1.82) is 0 Å². The van der Waals surface area contributed by atoms with E-state index in [9.17, 15) is 14.4 Å². The van der Waals surface area contributed by atoms with Crippen LogP contribution < -0.4 is 10.6 Å². The number of fused-ring (bicyclic) bond motifs is 1. The van der Waals surface area contributed by atoms with E-state index >= 15 is 0 Å². The van der Waals surface area contributed by atoms with Crippen LogP contribution in [-0.2, 0) is 15.1 Å². The van der Waals surface area contributed by atoms with E-state index in [1.807, 2.05) is 104 Å². The molecule has 0 saturated carbocycles. The van der Waals surface area contributed by atoms with E-state index in [4.69, 9.17) is 0 Å². The first-order valence-electron chi connectivity index (χ1n) is 11.9. The number of carbonyl (C=O) groups excluding carboxylic acids is 3. The van der Waals surface area contributed by atoms with Crippen LogP contribution in [0.3, 0.4) is 0 Å². The van der Waals surface area contributed by atoms with Crippen molar-refractivity contribution >= 4 is 28.6 Å². The van der Waals surface area contributed by atoms with Crippen molar-refractivity contribution in [3.05, 3.63) is 108 Å². The summed E-state index contributed by atoms with van der Waals surface area (Å²) in [7, 11) is 0. The van der Waals surface area contributed by atoms with E-state index in [2.05, 4.69) is 10.6 Å². The normalized spacial score (nSPS) is 18.2. The van der Waals surface area contributed by atoms with Crippen molar-refractivity contribution in [2.75, 3.05) is 6.54 Å². The number of carbonyl (C=O) groups is 3. The first-order valence-corrected chi connectivity index (χ1v) is 11.9. The number of amides is 4. The fourth-order valence-corrected chi connectivity index (χ4v) is 4.65. The second-order valence-electron chi connectivity index (χ2n) is 9.29. The molecule has 4 aromatic rings. The highest BCUT2D eigenvalue weighted by Crippen LogP contribution is 2.31. The van der Waals surface area contributed by atoms with Gasteiger partial charge in [0, 0.05) is 0 Å². The Morgan fingerprint density at radius 2 is 1.50 bits per heavy atom. The van der Waals surface area contributed by atoms with Crippen molar-refractivity contribution in [3.8, 4) is 11.1 Å². The highest BCUT2D eigenvalue weighted by atomic mass is 16.2. The van der Waals surface area contributed by atoms with E-state index < -0.39 is 23.4 Å². The van der Waals surface area contributed by atoms with Gasteiger partial charge in [-0.3, -0.25) is 14.5 Å². The monoisotopic (exact) mass is 477 g/mol. The van der Waals surface area contributed by atoms with Crippen molar-refractivity contribution in [1.82, 2.24) is 15.5 Å². The molecule has 0 radical (unpaired) electrons. The zero-order valence-electron chi connectivity index (χ0n) is 20.2. The molecule has 0 aromatic heterocycles. The van der Waals surface area contributed by atoms with Crippen LogP contribution in [0.25, 0.3) is 21.9 Å². The van der Waals surface area contributed by atoms with Crippen LogP contribution in [0.15, 0.2) is 97.1 Å². The fraction of sp³-hybridized carbons (Fsp3) is 0.167. The molecule has 4 amide bonds. The van der Waals surface area contributed by atoms with E-state index in [1.54, 1.807) is 6.92 Å². The highest BCUT2D eigenvalue weighted by Gasteiger charge is 2.49. The topological polar surface area (TPSA) is 78.5 Å². The molecule has 1 fully saturated rings. The van der Waals surface area contributed by atoms with Crippen molar-refractivity contribution in [3.63, 3.8) is 0 Å². The quantitative estimate of drug-likeness (QED) is 0.377. The van der Waals surface area contributed by atoms with Gasteiger partial charge in [0.05, 0.1) is 6.04 Å². The Hall–Kier alpha value is -4.45. The van der Waals surface area contributed by atoms with E-state index in [0.29, 0.717) is 5.56 Å². The Morgan fingerprint density at radius 3 is 2.22 bits per heavy atom. The van der Waals surface area contributed by atoms with Crippen molar-refractivity contribution in [2.24, 2.45) is 0 Å². The number of hydrogen-bond acceptors (Lipinski definition) is 3. The predicted octanol–water partition coefficient (Wildman–Crippen LogP) is 5.15. The van der Waals surface area contributed by atoms with Crippen LogP contribution in [0.4, 0.5) is 4.79 Å². The summed E-state index contributed by atoms with van der Waals surface area (Å²) in [5.41, 5.74) is 2.58. The summed E-state index contributed by atoms with van der Waals surface area (Å²) in [6, 6.07) is 30.7. The molecule has 6 heteroatoms. The minimum atomic E-state index is -1.24. The zero-order chi connectivity index (χ0) is 25.3. The maximum atomic E-state index is 13.3. The Kier molecular flexibility index (Phi) is 6.02.